The van der Waals surface area contributed by atoms with Gasteiger partial charge in [0.15, 0.2) is 5.82 Å². The standard InChI is InChI=1S/C13H15ClFN3O/c1-13(2,7-16)12-17-11(18-19-12)5-8-3-4-9(15)6-10(8)14/h3-4,6H,5,7,16H2,1-2H3. The Morgan fingerprint density at radius 2 is 2.16 bits per heavy atom. The lowest BCUT2D eigenvalue weighted by Gasteiger charge is -2.15. The van der Waals surface area contributed by atoms with E-state index in [-0.39, 0.29) is 11.2 Å². The van der Waals surface area contributed by atoms with Crippen molar-refractivity contribution < 1.29 is 8.91 Å². The van der Waals surface area contributed by atoms with Gasteiger partial charge in [-0.2, -0.15) is 4.98 Å². The molecule has 0 radical (unpaired) electrons. The first-order valence-corrected chi connectivity index (χ1v) is 6.27. The summed E-state index contributed by atoms with van der Waals surface area (Å²) < 4.78 is 18.1. The molecule has 0 bridgehead atoms. The molecular weight excluding hydrogens is 269 g/mol. The molecule has 0 saturated heterocycles. The van der Waals surface area contributed by atoms with Crippen molar-refractivity contribution in [2.24, 2.45) is 5.73 Å². The van der Waals surface area contributed by atoms with Gasteiger partial charge in [0, 0.05) is 18.0 Å². The molecule has 1 heterocycles. The van der Waals surface area contributed by atoms with Crippen molar-refractivity contribution in [3.05, 3.63) is 46.3 Å². The minimum Gasteiger partial charge on any atom is -0.339 e. The molecule has 0 unspecified atom stereocenters. The van der Waals surface area contributed by atoms with Crippen LogP contribution in [0.5, 0.6) is 0 Å². The minimum atomic E-state index is -0.369. The zero-order chi connectivity index (χ0) is 14.0. The summed E-state index contributed by atoms with van der Waals surface area (Å²) in [6, 6.07) is 4.23. The Labute approximate surface area is 115 Å². The first-order valence-electron chi connectivity index (χ1n) is 5.89. The van der Waals surface area contributed by atoms with E-state index >= 15 is 0 Å². The zero-order valence-electron chi connectivity index (χ0n) is 10.8. The van der Waals surface area contributed by atoms with Gasteiger partial charge in [0.2, 0.25) is 5.89 Å². The molecular formula is C13H15ClFN3O. The third-order valence-electron chi connectivity index (χ3n) is 2.92. The fourth-order valence-corrected chi connectivity index (χ4v) is 1.76. The molecule has 2 rings (SSSR count). The first-order chi connectivity index (χ1) is 8.92. The highest BCUT2D eigenvalue weighted by molar-refractivity contribution is 6.31. The maximum atomic E-state index is 12.9. The second-order valence-corrected chi connectivity index (χ2v) is 5.42. The molecule has 0 spiro atoms. The molecule has 4 nitrogen and oxygen atoms in total. The molecule has 1 aromatic heterocycles. The molecule has 2 N–H and O–H groups in total. The number of halogens is 2. The highest BCUT2D eigenvalue weighted by atomic mass is 35.5. The Kier molecular flexibility index (Phi) is 3.87. The lowest BCUT2D eigenvalue weighted by Crippen LogP contribution is -2.28. The van der Waals surface area contributed by atoms with Crippen molar-refractivity contribution in [2.75, 3.05) is 6.54 Å². The number of rotatable bonds is 4. The second-order valence-electron chi connectivity index (χ2n) is 5.02. The summed E-state index contributed by atoms with van der Waals surface area (Å²) in [6.07, 6.45) is 0.392. The summed E-state index contributed by atoms with van der Waals surface area (Å²) in [5, 5.41) is 4.25. The highest BCUT2D eigenvalue weighted by Crippen LogP contribution is 2.22. The summed E-state index contributed by atoms with van der Waals surface area (Å²) >= 11 is 5.96. The maximum absolute atomic E-state index is 12.9. The predicted octanol–water partition coefficient (Wildman–Crippen LogP) is 2.69. The van der Waals surface area contributed by atoms with Gasteiger partial charge < -0.3 is 10.3 Å². The maximum Gasteiger partial charge on any atom is 0.233 e. The van der Waals surface area contributed by atoms with Crippen LogP contribution in [-0.4, -0.2) is 16.7 Å². The predicted molar refractivity (Wildman–Crippen MR) is 70.6 cm³/mol. The average molecular weight is 284 g/mol. The van der Waals surface area contributed by atoms with Crippen molar-refractivity contribution >= 4 is 11.6 Å². The van der Waals surface area contributed by atoms with Gasteiger partial charge in [-0.1, -0.05) is 22.8 Å². The van der Waals surface area contributed by atoms with Crippen LogP contribution in [-0.2, 0) is 11.8 Å². The van der Waals surface area contributed by atoms with Gasteiger partial charge >= 0.3 is 0 Å². The molecule has 0 aliphatic carbocycles. The normalized spacial score (nSPS) is 11.8. The fraction of sp³-hybridized carbons (Fsp3) is 0.385. The van der Waals surface area contributed by atoms with Crippen LogP contribution in [0.4, 0.5) is 4.39 Å². The number of aromatic nitrogens is 2. The van der Waals surface area contributed by atoms with Crippen LogP contribution in [0.15, 0.2) is 22.7 Å². The Morgan fingerprint density at radius 1 is 1.42 bits per heavy atom. The van der Waals surface area contributed by atoms with E-state index < -0.39 is 0 Å². The fourth-order valence-electron chi connectivity index (χ4n) is 1.52. The zero-order valence-corrected chi connectivity index (χ0v) is 11.5. The van der Waals surface area contributed by atoms with E-state index in [9.17, 15) is 4.39 Å². The van der Waals surface area contributed by atoms with E-state index in [1.165, 1.54) is 12.1 Å². The van der Waals surface area contributed by atoms with Gasteiger partial charge in [0.05, 0.1) is 5.41 Å². The molecule has 0 aliphatic rings. The van der Waals surface area contributed by atoms with E-state index in [0.29, 0.717) is 29.7 Å². The molecule has 0 saturated carbocycles. The Bertz CT molecular complexity index is 583. The van der Waals surface area contributed by atoms with Gasteiger partial charge in [-0.15, -0.1) is 0 Å². The lowest BCUT2D eigenvalue weighted by atomic mass is 9.94. The third-order valence-corrected chi connectivity index (χ3v) is 3.27. The Balaban J connectivity index is 2.20. The Morgan fingerprint density at radius 3 is 2.79 bits per heavy atom. The molecule has 19 heavy (non-hydrogen) atoms. The van der Waals surface area contributed by atoms with Crippen LogP contribution in [0.1, 0.15) is 31.1 Å². The van der Waals surface area contributed by atoms with Gasteiger partial charge in [0.1, 0.15) is 5.82 Å². The quantitative estimate of drug-likeness (QED) is 0.937. The van der Waals surface area contributed by atoms with Crippen molar-refractivity contribution in [3.8, 4) is 0 Å². The number of nitrogens with zero attached hydrogens (tertiary/aromatic N) is 2. The SMILES string of the molecule is CC(C)(CN)c1nc(Cc2ccc(F)cc2Cl)no1. The van der Waals surface area contributed by atoms with Crippen molar-refractivity contribution in [1.82, 2.24) is 10.1 Å². The topological polar surface area (TPSA) is 64.9 Å². The second kappa shape index (κ2) is 5.27. The van der Waals surface area contributed by atoms with Crippen LogP contribution in [0.2, 0.25) is 5.02 Å². The number of hydrogen-bond acceptors (Lipinski definition) is 4. The monoisotopic (exact) mass is 283 g/mol. The lowest BCUT2D eigenvalue weighted by molar-refractivity contribution is 0.309. The van der Waals surface area contributed by atoms with E-state index in [1.807, 2.05) is 13.8 Å². The molecule has 0 atom stereocenters. The summed E-state index contributed by atoms with van der Waals surface area (Å²) in [6.45, 7) is 4.26. The largest absolute Gasteiger partial charge is 0.339 e. The van der Waals surface area contributed by atoms with E-state index in [2.05, 4.69) is 10.1 Å². The summed E-state index contributed by atoms with van der Waals surface area (Å²) in [4.78, 5) is 4.30. The molecule has 6 heteroatoms. The first kappa shape index (κ1) is 14.0. The van der Waals surface area contributed by atoms with Crippen LogP contribution < -0.4 is 5.73 Å². The van der Waals surface area contributed by atoms with Crippen LogP contribution in [0, 0.1) is 5.82 Å². The van der Waals surface area contributed by atoms with Gasteiger partial charge in [0.25, 0.3) is 0 Å². The average Bonchev–Trinajstić information content (AvgIpc) is 2.82. The smallest absolute Gasteiger partial charge is 0.233 e. The van der Waals surface area contributed by atoms with Gasteiger partial charge in [-0.25, -0.2) is 4.39 Å². The molecule has 2 aromatic rings. The van der Waals surface area contributed by atoms with Crippen LogP contribution >= 0.6 is 11.6 Å². The molecule has 1 aromatic carbocycles. The van der Waals surface area contributed by atoms with E-state index in [4.69, 9.17) is 21.9 Å². The Hall–Kier alpha value is -1.46. The molecule has 102 valence electrons. The van der Waals surface area contributed by atoms with Crippen molar-refractivity contribution in [3.63, 3.8) is 0 Å². The minimum absolute atomic E-state index is 0.351. The van der Waals surface area contributed by atoms with Crippen LogP contribution in [0.25, 0.3) is 0 Å². The third kappa shape index (κ3) is 3.11. The van der Waals surface area contributed by atoms with Gasteiger partial charge in [-0.3, -0.25) is 0 Å². The molecule has 0 amide bonds. The highest BCUT2D eigenvalue weighted by Gasteiger charge is 2.26. The summed E-state index contributed by atoms with van der Waals surface area (Å²) in [5.74, 6) is 0.625. The number of benzene rings is 1. The van der Waals surface area contributed by atoms with Gasteiger partial charge in [-0.05, 0) is 31.5 Å². The van der Waals surface area contributed by atoms with Crippen LogP contribution in [0.3, 0.4) is 0 Å². The molecule has 0 fully saturated rings. The number of hydrogen-bond donors (Lipinski definition) is 1. The van der Waals surface area contributed by atoms with Crippen molar-refractivity contribution in [2.45, 2.75) is 25.7 Å². The summed E-state index contributed by atoms with van der Waals surface area (Å²) in [7, 11) is 0. The molecule has 0 aliphatic heterocycles. The van der Waals surface area contributed by atoms with Crippen molar-refractivity contribution in [1.29, 1.82) is 0 Å². The number of nitrogens with two attached hydrogens (primary N) is 1. The van der Waals surface area contributed by atoms with E-state index in [0.717, 1.165) is 5.56 Å². The summed E-state index contributed by atoms with van der Waals surface area (Å²) in [5.41, 5.74) is 6.04. The van der Waals surface area contributed by atoms with E-state index in [1.54, 1.807) is 6.07 Å².